The predicted octanol–water partition coefficient (Wildman–Crippen LogP) is 3.25. The van der Waals surface area contributed by atoms with Crippen LogP contribution >= 0.6 is 0 Å². The van der Waals surface area contributed by atoms with E-state index < -0.39 is 23.6 Å². The third kappa shape index (κ3) is 5.00. The number of halogens is 3. The van der Waals surface area contributed by atoms with E-state index in [0.717, 1.165) is 24.0 Å². The fraction of sp³-hybridized carbons (Fsp3) is 0.348. The Kier molecular flexibility index (Phi) is 6.64. The van der Waals surface area contributed by atoms with Gasteiger partial charge in [-0.25, -0.2) is 13.2 Å². The van der Waals surface area contributed by atoms with Gasteiger partial charge in [-0.3, -0.25) is 9.69 Å². The fourth-order valence-corrected chi connectivity index (χ4v) is 3.92. The largest absolute Gasteiger partial charge is 0.497 e. The van der Waals surface area contributed by atoms with Gasteiger partial charge in [-0.2, -0.15) is 0 Å². The average molecular weight is 459 g/mol. The summed E-state index contributed by atoms with van der Waals surface area (Å²) >= 11 is 0. The summed E-state index contributed by atoms with van der Waals surface area (Å²) < 4.78 is 48.7. The van der Waals surface area contributed by atoms with E-state index in [1.54, 1.807) is 26.2 Å². The monoisotopic (exact) mass is 459 g/mol. The van der Waals surface area contributed by atoms with Crippen molar-refractivity contribution in [3.63, 3.8) is 0 Å². The number of benzene rings is 2. The molecule has 0 saturated carbocycles. The molecule has 2 heterocycles. The lowest BCUT2D eigenvalue weighted by molar-refractivity contribution is 0.0933. The Morgan fingerprint density at radius 3 is 2.67 bits per heavy atom. The minimum absolute atomic E-state index is 0.291. The van der Waals surface area contributed by atoms with Crippen LogP contribution in [0.2, 0.25) is 0 Å². The van der Waals surface area contributed by atoms with E-state index in [1.807, 2.05) is 4.57 Å². The van der Waals surface area contributed by atoms with E-state index in [2.05, 4.69) is 20.4 Å². The molecule has 10 heteroatoms. The van der Waals surface area contributed by atoms with Gasteiger partial charge >= 0.3 is 0 Å². The van der Waals surface area contributed by atoms with Gasteiger partial charge in [0, 0.05) is 38.2 Å². The number of nitrogens with one attached hydrogen (secondary N) is 1. The lowest BCUT2D eigenvalue weighted by atomic mass is 10.1. The fourth-order valence-electron chi connectivity index (χ4n) is 3.92. The molecule has 1 N–H and O–H groups in total. The van der Waals surface area contributed by atoms with Crippen molar-refractivity contribution in [1.29, 1.82) is 0 Å². The molecule has 0 fully saturated rings. The van der Waals surface area contributed by atoms with Crippen LogP contribution < -0.4 is 10.1 Å². The summed E-state index contributed by atoms with van der Waals surface area (Å²) in [5, 5.41) is 11.1. The standard InChI is InChI=1S/C23H24F3N5O2/c1-14(27-23(32)18-12-16(24)3-5-20(18)26)22-29-28-21-7-8-30(9-10-31(21)22)13-15-11-17(33-2)4-6-19(15)25/h3-6,11-12,14H,7-10,13H2,1-2H3,(H,27,32). The van der Waals surface area contributed by atoms with E-state index in [9.17, 15) is 18.0 Å². The van der Waals surface area contributed by atoms with Crippen LogP contribution in [0.5, 0.6) is 5.75 Å². The third-order valence-electron chi connectivity index (χ3n) is 5.70. The quantitative estimate of drug-likeness (QED) is 0.613. The second-order valence-corrected chi connectivity index (χ2v) is 7.93. The molecule has 2 aromatic carbocycles. The summed E-state index contributed by atoms with van der Waals surface area (Å²) in [6, 6.07) is 6.82. The molecule has 1 aromatic heterocycles. The van der Waals surface area contributed by atoms with Crippen LogP contribution in [-0.2, 0) is 19.5 Å². The Balaban J connectivity index is 1.45. The zero-order valence-electron chi connectivity index (χ0n) is 18.3. The molecule has 0 radical (unpaired) electrons. The maximum atomic E-state index is 14.3. The molecule has 0 aliphatic carbocycles. The summed E-state index contributed by atoms with van der Waals surface area (Å²) in [6.07, 6.45) is 0.595. The number of nitrogens with zero attached hydrogens (tertiary/aromatic N) is 4. The molecule has 0 spiro atoms. The maximum Gasteiger partial charge on any atom is 0.254 e. The smallest absolute Gasteiger partial charge is 0.254 e. The highest BCUT2D eigenvalue weighted by molar-refractivity contribution is 5.94. The van der Waals surface area contributed by atoms with Gasteiger partial charge in [0.05, 0.1) is 18.7 Å². The first-order valence-electron chi connectivity index (χ1n) is 10.6. The molecule has 0 saturated heterocycles. The Labute approximate surface area is 189 Å². The van der Waals surface area contributed by atoms with Crippen molar-refractivity contribution in [2.24, 2.45) is 0 Å². The van der Waals surface area contributed by atoms with Gasteiger partial charge in [0.2, 0.25) is 0 Å². The van der Waals surface area contributed by atoms with Crippen LogP contribution in [0.15, 0.2) is 36.4 Å². The number of aromatic nitrogens is 3. The molecular weight excluding hydrogens is 435 g/mol. The highest BCUT2D eigenvalue weighted by Gasteiger charge is 2.24. The highest BCUT2D eigenvalue weighted by atomic mass is 19.1. The highest BCUT2D eigenvalue weighted by Crippen LogP contribution is 2.21. The van der Waals surface area contributed by atoms with Crippen LogP contribution in [-0.4, -0.2) is 45.8 Å². The van der Waals surface area contributed by atoms with Crippen LogP contribution in [0, 0.1) is 17.5 Å². The van der Waals surface area contributed by atoms with Crippen LogP contribution in [0.3, 0.4) is 0 Å². The number of carbonyl (C=O) groups excluding carboxylic acids is 1. The minimum atomic E-state index is -0.804. The number of methoxy groups -OCH3 is 1. The van der Waals surface area contributed by atoms with Gasteiger partial charge in [0.15, 0.2) is 5.82 Å². The summed E-state index contributed by atoms with van der Waals surface area (Å²) in [5.41, 5.74) is 0.175. The van der Waals surface area contributed by atoms with Crippen LogP contribution in [0.1, 0.15) is 40.5 Å². The SMILES string of the molecule is COc1ccc(F)c(CN2CCc3nnc(C(C)NC(=O)c4cc(F)ccc4F)n3CC2)c1. The first kappa shape index (κ1) is 22.8. The Morgan fingerprint density at radius 1 is 1.09 bits per heavy atom. The lowest BCUT2D eigenvalue weighted by Crippen LogP contribution is -2.30. The number of rotatable bonds is 6. The van der Waals surface area contributed by atoms with Gasteiger partial charge < -0.3 is 14.6 Å². The molecule has 1 atom stereocenters. The van der Waals surface area contributed by atoms with E-state index in [-0.39, 0.29) is 11.4 Å². The molecular formula is C23H24F3N5O2. The zero-order valence-corrected chi connectivity index (χ0v) is 18.3. The lowest BCUT2D eigenvalue weighted by Gasteiger charge is -2.21. The van der Waals surface area contributed by atoms with Gasteiger partial charge in [-0.1, -0.05) is 0 Å². The average Bonchev–Trinajstić information content (AvgIpc) is 3.11. The number of amides is 1. The molecule has 0 bridgehead atoms. The number of hydrogen-bond acceptors (Lipinski definition) is 5. The molecule has 3 aromatic rings. The van der Waals surface area contributed by atoms with Crippen molar-refractivity contribution < 1.29 is 22.7 Å². The molecule has 174 valence electrons. The van der Waals surface area contributed by atoms with E-state index in [0.29, 0.717) is 49.7 Å². The summed E-state index contributed by atoms with van der Waals surface area (Å²) in [6.45, 7) is 3.94. The molecule has 7 nitrogen and oxygen atoms in total. The zero-order chi connectivity index (χ0) is 23.5. The van der Waals surface area contributed by atoms with E-state index in [4.69, 9.17) is 4.74 Å². The number of carbonyl (C=O) groups is 1. The summed E-state index contributed by atoms with van der Waals surface area (Å²) in [4.78, 5) is 14.6. The molecule has 1 amide bonds. The van der Waals surface area contributed by atoms with Crippen LogP contribution in [0.25, 0.3) is 0 Å². The topological polar surface area (TPSA) is 72.3 Å². The number of ether oxygens (including phenoxy) is 1. The maximum absolute atomic E-state index is 14.3. The van der Waals surface area contributed by atoms with Crippen LogP contribution in [0.4, 0.5) is 13.2 Å². The van der Waals surface area contributed by atoms with Crippen molar-refractivity contribution in [3.8, 4) is 5.75 Å². The van der Waals surface area contributed by atoms with Crippen molar-refractivity contribution in [1.82, 2.24) is 25.0 Å². The van der Waals surface area contributed by atoms with Crippen molar-refractivity contribution in [2.45, 2.75) is 32.5 Å². The minimum Gasteiger partial charge on any atom is -0.497 e. The molecule has 1 aliphatic heterocycles. The van der Waals surface area contributed by atoms with Gasteiger partial charge in [-0.15, -0.1) is 10.2 Å². The van der Waals surface area contributed by atoms with Crippen molar-refractivity contribution in [3.05, 3.63) is 76.6 Å². The molecule has 33 heavy (non-hydrogen) atoms. The Bertz CT molecular complexity index is 1170. The Hall–Kier alpha value is -3.40. The molecule has 4 rings (SSSR count). The summed E-state index contributed by atoms with van der Waals surface area (Å²) in [5.74, 6) is -0.664. The first-order valence-corrected chi connectivity index (χ1v) is 10.6. The predicted molar refractivity (Wildman–Crippen MR) is 114 cm³/mol. The molecule has 1 aliphatic rings. The van der Waals surface area contributed by atoms with E-state index in [1.165, 1.54) is 6.07 Å². The first-order chi connectivity index (χ1) is 15.9. The third-order valence-corrected chi connectivity index (χ3v) is 5.70. The van der Waals surface area contributed by atoms with Crippen molar-refractivity contribution in [2.75, 3.05) is 20.2 Å². The second kappa shape index (κ2) is 9.62. The summed E-state index contributed by atoms with van der Waals surface area (Å²) in [7, 11) is 1.54. The number of hydrogen-bond donors (Lipinski definition) is 1. The van der Waals surface area contributed by atoms with Crippen molar-refractivity contribution >= 4 is 5.91 Å². The number of fused-ring (bicyclic) bond motifs is 1. The Morgan fingerprint density at radius 2 is 1.88 bits per heavy atom. The van der Waals surface area contributed by atoms with Gasteiger partial charge in [-0.05, 0) is 43.3 Å². The van der Waals surface area contributed by atoms with Gasteiger partial charge in [0.25, 0.3) is 5.91 Å². The van der Waals surface area contributed by atoms with E-state index >= 15 is 0 Å². The molecule has 1 unspecified atom stereocenters. The second-order valence-electron chi connectivity index (χ2n) is 7.93. The van der Waals surface area contributed by atoms with Gasteiger partial charge in [0.1, 0.15) is 29.0 Å². The normalized spacial score (nSPS) is 14.9.